The third kappa shape index (κ3) is 4.31. The van der Waals surface area contributed by atoms with E-state index >= 15 is 0 Å². The van der Waals surface area contributed by atoms with E-state index in [4.69, 9.17) is 9.72 Å². The summed E-state index contributed by atoms with van der Waals surface area (Å²) >= 11 is 0. The van der Waals surface area contributed by atoms with Crippen molar-refractivity contribution in [1.29, 1.82) is 0 Å². The Balaban J connectivity index is 1.23. The van der Waals surface area contributed by atoms with Gasteiger partial charge in [-0.1, -0.05) is 12.1 Å². The molecule has 4 heterocycles. The number of halogens is 3. The van der Waals surface area contributed by atoms with Crippen LogP contribution in [0.25, 0.3) is 28.2 Å². The maximum Gasteiger partial charge on any atom is 0.435 e. The molecule has 0 saturated heterocycles. The molecule has 13 heteroatoms. The SMILES string of the molecule is COc1ncnc(C2CC2)c1-c1ncc2[nH]c(=O)n(Cc3ccc(-n4nc(C(F)(F)F)cc4C4CC4)cc3)c2n1. The third-order valence-corrected chi connectivity index (χ3v) is 7.28. The number of aromatic amines is 1. The lowest BCUT2D eigenvalue weighted by Crippen LogP contribution is -2.18. The molecule has 2 aliphatic carbocycles. The minimum atomic E-state index is -4.51. The highest BCUT2D eigenvalue weighted by Gasteiger charge is 2.38. The average molecular weight is 549 g/mol. The molecule has 2 saturated carbocycles. The van der Waals surface area contributed by atoms with E-state index in [1.807, 2.05) is 0 Å². The minimum Gasteiger partial charge on any atom is -0.480 e. The Bertz CT molecular complexity index is 1800. The molecule has 0 radical (unpaired) electrons. The van der Waals surface area contributed by atoms with E-state index in [9.17, 15) is 18.0 Å². The van der Waals surface area contributed by atoms with Gasteiger partial charge in [-0.3, -0.25) is 4.57 Å². The molecule has 0 spiro atoms. The number of hydrogen-bond donors (Lipinski definition) is 1. The van der Waals surface area contributed by atoms with Crippen LogP contribution in [0.4, 0.5) is 13.2 Å². The second kappa shape index (κ2) is 9.00. The molecule has 0 atom stereocenters. The van der Waals surface area contributed by atoms with Crippen molar-refractivity contribution in [1.82, 2.24) is 39.3 Å². The summed E-state index contributed by atoms with van der Waals surface area (Å²) in [4.78, 5) is 33.5. The molecule has 40 heavy (non-hydrogen) atoms. The van der Waals surface area contributed by atoms with Gasteiger partial charge in [0.2, 0.25) is 5.88 Å². The van der Waals surface area contributed by atoms with Crippen molar-refractivity contribution in [2.75, 3.05) is 7.11 Å². The minimum absolute atomic E-state index is 0.0797. The fourth-order valence-corrected chi connectivity index (χ4v) is 4.96. The largest absolute Gasteiger partial charge is 0.480 e. The lowest BCUT2D eigenvalue weighted by molar-refractivity contribution is -0.141. The topological polar surface area (TPSA) is 116 Å². The van der Waals surface area contributed by atoms with Gasteiger partial charge in [-0.05, 0) is 49.4 Å². The van der Waals surface area contributed by atoms with Gasteiger partial charge in [0.25, 0.3) is 0 Å². The first-order chi connectivity index (χ1) is 19.3. The molecule has 204 valence electrons. The van der Waals surface area contributed by atoms with Crippen molar-refractivity contribution in [2.45, 2.75) is 50.2 Å². The first-order valence-corrected chi connectivity index (χ1v) is 12.9. The smallest absolute Gasteiger partial charge is 0.435 e. The highest BCUT2D eigenvalue weighted by atomic mass is 19.4. The number of rotatable bonds is 7. The van der Waals surface area contributed by atoms with E-state index in [-0.39, 0.29) is 18.2 Å². The quantitative estimate of drug-likeness (QED) is 0.316. The molecule has 2 fully saturated rings. The van der Waals surface area contributed by atoms with Crippen LogP contribution in [0.5, 0.6) is 5.88 Å². The lowest BCUT2D eigenvalue weighted by atomic mass is 10.1. The van der Waals surface area contributed by atoms with Crippen LogP contribution >= 0.6 is 0 Å². The Labute approximate surface area is 224 Å². The molecule has 10 nitrogen and oxygen atoms in total. The summed E-state index contributed by atoms with van der Waals surface area (Å²) in [5.74, 6) is 1.10. The van der Waals surface area contributed by atoms with Crippen LogP contribution in [0, 0.1) is 0 Å². The van der Waals surface area contributed by atoms with Gasteiger partial charge >= 0.3 is 11.9 Å². The predicted octanol–water partition coefficient (Wildman–Crippen LogP) is 4.59. The number of imidazole rings is 1. The number of ether oxygens (including phenoxy) is 1. The summed E-state index contributed by atoms with van der Waals surface area (Å²) in [6, 6.07) is 8.10. The van der Waals surface area contributed by atoms with Gasteiger partial charge in [0.1, 0.15) is 17.4 Å². The maximum atomic E-state index is 13.3. The summed E-state index contributed by atoms with van der Waals surface area (Å²) in [6.45, 7) is 0.190. The second-order valence-electron chi connectivity index (χ2n) is 10.2. The number of fused-ring (bicyclic) bond motifs is 1. The van der Waals surface area contributed by atoms with E-state index in [1.54, 1.807) is 30.5 Å². The number of benzene rings is 1. The number of aromatic nitrogens is 8. The average Bonchev–Trinajstić information content (AvgIpc) is 3.89. The Hall–Kier alpha value is -4.55. The molecule has 0 amide bonds. The van der Waals surface area contributed by atoms with E-state index in [2.05, 4.69) is 25.0 Å². The van der Waals surface area contributed by atoms with Crippen molar-refractivity contribution in [3.05, 3.63) is 76.0 Å². The van der Waals surface area contributed by atoms with Crippen LogP contribution in [0.2, 0.25) is 0 Å². The van der Waals surface area contributed by atoms with Crippen molar-refractivity contribution in [3.8, 4) is 23.0 Å². The third-order valence-electron chi connectivity index (χ3n) is 7.28. The highest BCUT2D eigenvalue weighted by molar-refractivity contribution is 5.75. The molecule has 0 bridgehead atoms. The monoisotopic (exact) mass is 548 g/mol. The van der Waals surface area contributed by atoms with Crippen molar-refractivity contribution in [2.24, 2.45) is 0 Å². The zero-order chi connectivity index (χ0) is 27.6. The molecular formula is C27H23F3N8O2. The molecule has 2 aliphatic rings. The van der Waals surface area contributed by atoms with Gasteiger partial charge in [0.05, 0.1) is 31.2 Å². The molecule has 5 aromatic rings. The van der Waals surface area contributed by atoms with E-state index in [0.29, 0.717) is 45.7 Å². The number of alkyl halides is 3. The number of H-pyrrole nitrogens is 1. The second-order valence-corrected chi connectivity index (χ2v) is 10.2. The number of hydrogen-bond acceptors (Lipinski definition) is 7. The highest BCUT2D eigenvalue weighted by Crippen LogP contribution is 2.45. The van der Waals surface area contributed by atoms with Gasteiger partial charge in [-0.15, -0.1) is 0 Å². The first kappa shape index (κ1) is 24.5. The summed E-state index contributed by atoms with van der Waals surface area (Å²) in [5, 5.41) is 3.84. The van der Waals surface area contributed by atoms with Gasteiger partial charge in [-0.25, -0.2) is 29.4 Å². The maximum absolute atomic E-state index is 13.3. The van der Waals surface area contributed by atoms with Gasteiger partial charge < -0.3 is 9.72 Å². The predicted molar refractivity (Wildman–Crippen MR) is 137 cm³/mol. The lowest BCUT2D eigenvalue weighted by Gasteiger charge is -2.11. The fraction of sp³-hybridized carbons (Fsp3) is 0.333. The normalized spacial score (nSPS) is 15.6. The van der Waals surface area contributed by atoms with Crippen LogP contribution in [-0.4, -0.2) is 46.4 Å². The van der Waals surface area contributed by atoms with Crippen LogP contribution < -0.4 is 10.4 Å². The Morgan fingerprint density at radius 1 is 1.05 bits per heavy atom. The first-order valence-electron chi connectivity index (χ1n) is 12.9. The number of nitrogens with zero attached hydrogens (tertiary/aromatic N) is 7. The number of nitrogens with one attached hydrogen (secondary N) is 1. The Morgan fingerprint density at radius 2 is 1.80 bits per heavy atom. The van der Waals surface area contributed by atoms with E-state index in [1.165, 1.54) is 22.7 Å². The summed E-state index contributed by atoms with van der Waals surface area (Å²) in [6.07, 6.45) is 2.22. The Morgan fingerprint density at radius 3 is 2.48 bits per heavy atom. The summed E-state index contributed by atoms with van der Waals surface area (Å²) in [5.41, 5.74) is 2.91. The van der Waals surface area contributed by atoms with Gasteiger partial charge in [0, 0.05) is 17.5 Å². The molecule has 4 aromatic heterocycles. The van der Waals surface area contributed by atoms with Gasteiger partial charge in [-0.2, -0.15) is 18.3 Å². The van der Waals surface area contributed by atoms with Crippen LogP contribution in [0.3, 0.4) is 0 Å². The standard InChI is InChI=1S/C27H23F3N8O2/c1-40-25-21(22(16-6-7-16)32-13-33-25)23-31-11-18-24(35-23)37(26(39)34-18)12-14-2-8-17(9-3-14)38-19(15-4-5-15)10-20(36-38)27(28,29)30/h2-3,8-11,13,15-16H,4-7,12H2,1H3,(H,34,39). The van der Waals surface area contributed by atoms with Crippen molar-refractivity contribution in [3.63, 3.8) is 0 Å². The summed E-state index contributed by atoms with van der Waals surface area (Å²) < 4.78 is 48.3. The molecule has 1 aromatic carbocycles. The Kier molecular flexibility index (Phi) is 5.51. The molecule has 1 N–H and O–H groups in total. The van der Waals surface area contributed by atoms with E-state index in [0.717, 1.165) is 43.0 Å². The summed E-state index contributed by atoms with van der Waals surface area (Å²) in [7, 11) is 1.53. The van der Waals surface area contributed by atoms with Crippen LogP contribution in [0.15, 0.2) is 47.7 Å². The molecule has 0 unspecified atom stereocenters. The molecular weight excluding hydrogens is 525 g/mol. The van der Waals surface area contributed by atoms with Crippen molar-refractivity contribution < 1.29 is 17.9 Å². The van der Waals surface area contributed by atoms with Crippen molar-refractivity contribution >= 4 is 11.2 Å². The molecule has 0 aliphatic heterocycles. The number of methoxy groups -OCH3 is 1. The fourth-order valence-electron chi connectivity index (χ4n) is 4.96. The van der Waals surface area contributed by atoms with E-state index < -0.39 is 11.9 Å². The van der Waals surface area contributed by atoms with Gasteiger partial charge in [0.15, 0.2) is 17.2 Å². The van der Waals surface area contributed by atoms with Crippen LogP contribution in [-0.2, 0) is 12.7 Å². The zero-order valence-corrected chi connectivity index (χ0v) is 21.3. The zero-order valence-electron chi connectivity index (χ0n) is 21.3. The molecule has 7 rings (SSSR count). The van der Waals surface area contributed by atoms with Crippen LogP contribution in [0.1, 0.15) is 60.2 Å².